The van der Waals surface area contributed by atoms with Gasteiger partial charge in [-0.1, -0.05) is 23.9 Å². The van der Waals surface area contributed by atoms with Gasteiger partial charge < -0.3 is 4.74 Å². The summed E-state index contributed by atoms with van der Waals surface area (Å²) in [6, 6.07) is 6.83. The maximum absolute atomic E-state index is 5.79. The van der Waals surface area contributed by atoms with Gasteiger partial charge in [0.2, 0.25) is 5.16 Å². The molecule has 0 N–H and O–H groups in total. The molecule has 5 rings (SSSR count). The van der Waals surface area contributed by atoms with Crippen LogP contribution in [0.2, 0.25) is 0 Å². The smallest absolute Gasteiger partial charge is 0.212 e. The summed E-state index contributed by atoms with van der Waals surface area (Å²) in [6.45, 7) is 3.00. The Kier molecular flexibility index (Phi) is 3.49. The van der Waals surface area contributed by atoms with Gasteiger partial charge >= 0.3 is 0 Å². The van der Waals surface area contributed by atoms with E-state index in [-0.39, 0.29) is 11.4 Å². The zero-order valence-electron chi connectivity index (χ0n) is 13.7. The quantitative estimate of drug-likeness (QED) is 0.841. The van der Waals surface area contributed by atoms with Gasteiger partial charge in [-0.3, -0.25) is 0 Å². The van der Waals surface area contributed by atoms with Crippen molar-refractivity contribution in [3.05, 3.63) is 40.7 Å². The van der Waals surface area contributed by atoms with Crippen LogP contribution in [0.15, 0.2) is 28.5 Å². The van der Waals surface area contributed by atoms with Gasteiger partial charge in [0.1, 0.15) is 6.10 Å². The number of thioether (sulfide) groups is 1. The van der Waals surface area contributed by atoms with E-state index in [1.807, 2.05) is 4.68 Å². The number of nitrogens with zero attached hydrogens (tertiary/aromatic N) is 4. The largest absolute Gasteiger partial charge is 0.370 e. The third kappa shape index (κ3) is 2.31. The first kappa shape index (κ1) is 14.7. The van der Waals surface area contributed by atoms with Crippen molar-refractivity contribution in [1.82, 2.24) is 14.9 Å². The summed E-state index contributed by atoms with van der Waals surface area (Å²) in [6.07, 6.45) is 5.79. The molecule has 1 aromatic heterocycles. The van der Waals surface area contributed by atoms with Crippen LogP contribution in [0.25, 0.3) is 0 Å². The molecular weight excluding hydrogens is 320 g/mol. The zero-order valence-corrected chi connectivity index (χ0v) is 14.6. The fourth-order valence-corrected chi connectivity index (χ4v) is 4.79. The molecule has 0 spiro atoms. The first-order valence-electron chi connectivity index (χ1n) is 8.74. The molecule has 1 aromatic carbocycles. The fraction of sp³-hybridized carbons (Fsp3) is 0.500. The Morgan fingerprint density at radius 2 is 2.08 bits per heavy atom. The summed E-state index contributed by atoms with van der Waals surface area (Å²) < 4.78 is 7.70. The molecule has 3 heterocycles. The monoisotopic (exact) mass is 340 g/mol. The minimum absolute atomic E-state index is 0.0327. The molecule has 0 radical (unpaired) electrons. The molecule has 0 saturated carbocycles. The molecule has 0 bridgehead atoms. The highest BCUT2D eigenvalue weighted by Crippen LogP contribution is 2.35. The molecule has 5 nitrogen and oxygen atoms in total. The Balaban J connectivity index is 1.57. The first-order valence-corrected chi connectivity index (χ1v) is 9.62. The molecule has 24 heavy (non-hydrogen) atoms. The van der Waals surface area contributed by atoms with E-state index in [2.05, 4.69) is 35.3 Å². The van der Waals surface area contributed by atoms with Gasteiger partial charge in [-0.2, -0.15) is 9.78 Å². The van der Waals surface area contributed by atoms with Crippen molar-refractivity contribution in [3.8, 4) is 0 Å². The Morgan fingerprint density at radius 1 is 1.17 bits per heavy atom. The molecule has 2 atom stereocenters. The van der Waals surface area contributed by atoms with Crippen LogP contribution in [-0.2, 0) is 17.6 Å². The maximum Gasteiger partial charge on any atom is 0.212 e. The van der Waals surface area contributed by atoms with Gasteiger partial charge in [0.25, 0.3) is 0 Å². The number of aryl methyl sites for hydroxylation is 2. The molecule has 6 heteroatoms. The molecular formula is C18H20N4OS. The molecule has 1 aliphatic carbocycles. The molecule has 0 unspecified atom stereocenters. The highest BCUT2D eigenvalue weighted by Gasteiger charge is 2.30. The Hall–Kier alpha value is -1.66. The van der Waals surface area contributed by atoms with E-state index >= 15 is 0 Å². The van der Waals surface area contributed by atoms with Crippen molar-refractivity contribution in [1.29, 1.82) is 0 Å². The highest BCUT2D eigenvalue weighted by atomic mass is 32.2. The lowest BCUT2D eigenvalue weighted by Crippen LogP contribution is -2.23. The summed E-state index contributed by atoms with van der Waals surface area (Å²) in [7, 11) is 0. The van der Waals surface area contributed by atoms with Crippen LogP contribution in [-0.4, -0.2) is 32.4 Å². The average Bonchev–Trinajstić information content (AvgIpc) is 3.33. The zero-order chi connectivity index (χ0) is 16.1. The third-order valence-corrected chi connectivity index (χ3v) is 6.17. The second-order valence-electron chi connectivity index (χ2n) is 6.74. The molecule has 124 valence electrons. The maximum atomic E-state index is 5.79. The average molecular weight is 340 g/mol. The lowest BCUT2D eigenvalue weighted by Gasteiger charge is -2.21. The highest BCUT2D eigenvalue weighted by molar-refractivity contribution is 8.00. The number of hydrogen-bond acceptors (Lipinski definition) is 5. The van der Waals surface area contributed by atoms with Crippen LogP contribution < -0.4 is 0 Å². The number of ether oxygens (including phenoxy) is 1. The van der Waals surface area contributed by atoms with Crippen molar-refractivity contribution in [2.24, 2.45) is 5.10 Å². The number of aromatic nitrogens is 3. The Labute approximate surface area is 145 Å². The van der Waals surface area contributed by atoms with Crippen LogP contribution >= 0.6 is 11.8 Å². The molecule has 1 saturated heterocycles. The van der Waals surface area contributed by atoms with Gasteiger partial charge in [0, 0.05) is 6.61 Å². The summed E-state index contributed by atoms with van der Waals surface area (Å²) in [5.74, 6) is 0.848. The summed E-state index contributed by atoms with van der Waals surface area (Å²) in [5.41, 5.74) is 5.33. The minimum Gasteiger partial charge on any atom is -0.370 e. The SMILES string of the molecule is C[C@H]1Sc2nnc([C@H]3CCCO3)n2N=C1c1ccc2c(c1)CCC2. The van der Waals surface area contributed by atoms with E-state index in [1.165, 1.54) is 36.0 Å². The number of benzene rings is 1. The van der Waals surface area contributed by atoms with Crippen LogP contribution in [0.3, 0.4) is 0 Å². The van der Waals surface area contributed by atoms with Gasteiger partial charge in [-0.25, -0.2) is 0 Å². The summed E-state index contributed by atoms with van der Waals surface area (Å²) >= 11 is 1.73. The lowest BCUT2D eigenvalue weighted by molar-refractivity contribution is 0.102. The number of hydrogen-bond donors (Lipinski definition) is 0. The number of fused-ring (bicyclic) bond motifs is 2. The van der Waals surface area contributed by atoms with E-state index in [4.69, 9.17) is 9.84 Å². The van der Waals surface area contributed by atoms with Crippen LogP contribution in [0.5, 0.6) is 0 Å². The first-order chi connectivity index (χ1) is 11.8. The predicted octanol–water partition coefficient (Wildman–Crippen LogP) is 3.36. The minimum atomic E-state index is 0.0327. The van der Waals surface area contributed by atoms with Crippen LogP contribution in [0.4, 0.5) is 0 Å². The fourth-order valence-electron chi connectivity index (χ4n) is 3.85. The van der Waals surface area contributed by atoms with Gasteiger partial charge in [0.05, 0.1) is 11.0 Å². The second-order valence-corrected chi connectivity index (χ2v) is 8.04. The second kappa shape index (κ2) is 5.70. The van der Waals surface area contributed by atoms with Crippen LogP contribution in [0.1, 0.15) is 54.8 Å². The van der Waals surface area contributed by atoms with Crippen molar-refractivity contribution in [2.45, 2.75) is 55.5 Å². The van der Waals surface area contributed by atoms with Crippen molar-refractivity contribution < 1.29 is 4.74 Å². The molecule has 0 amide bonds. The summed E-state index contributed by atoms with van der Waals surface area (Å²) in [4.78, 5) is 0. The van der Waals surface area contributed by atoms with Crippen LogP contribution in [0, 0.1) is 0 Å². The number of rotatable bonds is 2. The lowest BCUT2D eigenvalue weighted by atomic mass is 10.0. The molecule has 2 aromatic rings. The molecule has 1 fully saturated rings. The standard InChI is InChI=1S/C18H20N4OS/c1-11-16(14-8-7-12-4-2-5-13(12)10-14)21-22-17(15-6-3-9-23-15)19-20-18(22)24-11/h7-8,10-11,15H,2-6,9H2,1H3/t11-,15-/m1/s1. The van der Waals surface area contributed by atoms with E-state index in [1.54, 1.807) is 11.8 Å². The Bertz CT molecular complexity index is 822. The topological polar surface area (TPSA) is 52.3 Å². The van der Waals surface area contributed by atoms with E-state index < -0.39 is 0 Å². The summed E-state index contributed by atoms with van der Waals surface area (Å²) in [5, 5.41) is 14.8. The van der Waals surface area contributed by atoms with Crippen molar-refractivity contribution in [3.63, 3.8) is 0 Å². The van der Waals surface area contributed by atoms with Gasteiger partial charge in [-0.05, 0) is 61.8 Å². The van der Waals surface area contributed by atoms with Gasteiger partial charge in [0.15, 0.2) is 5.82 Å². The van der Waals surface area contributed by atoms with Crippen molar-refractivity contribution in [2.75, 3.05) is 6.61 Å². The Morgan fingerprint density at radius 3 is 2.96 bits per heavy atom. The predicted molar refractivity (Wildman–Crippen MR) is 93.7 cm³/mol. The van der Waals surface area contributed by atoms with E-state index in [0.29, 0.717) is 0 Å². The molecule has 2 aliphatic heterocycles. The normalized spacial score (nSPS) is 25.5. The third-order valence-electron chi connectivity index (χ3n) is 5.12. The molecule has 3 aliphatic rings. The van der Waals surface area contributed by atoms with E-state index in [0.717, 1.165) is 36.1 Å². The van der Waals surface area contributed by atoms with Crippen molar-refractivity contribution >= 4 is 17.5 Å². The van der Waals surface area contributed by atoms with Gasteiger partial charge in [-0.15, -0.1) is 10.2 Å². The van der Waals surface area contributed by atoms with E-state index in [9.17, 15) is 0 Å².